The van der Waals surface area contributed by atoms with Crippen molar-refractivity contribution in [2.45, 2.75) is 13.0 Å². The number of carboxylic acids is 1. The summed E-state index contributed by atoms with van der Waals surface area (Å²) in [6.07, 6.45) is 0.0880. The van der Waals surface area contributed by atoms with E-state index in [2.05, 4.69) is 10.2 Å². The van der Waals surface area contributed by atoms with Gasteiger partial charge in [-0.2, -0.15) is 0 Å². The molecule has 0 aromatic heterocycles. The smallest absolute Gasteiger partial charge is 0.307 e. The molecule has 1 aliphatic rings. The molecule has 0 unspecified atom stereocenters. The van der Waals surface area contributed by atoms with Gasteiger partial charge in [0.25, 0.3) is 0 Å². The van der Waals surface area contributed by atoms with Crippen LogP contribution in [-0.2, 0) is 22.5 Å². The van der Waals surface area contributed by atoms with Crippen LogP contribution in [0.5, 0.6) is 0 Å². The average Bonchev–Trinajstić information content (AvgIpc) is 2.46. The molecule has 0 bridgehead atoms. The van der Waals surface area contributed by atoms with E-state index in [-0.39, 0.29) is 6.42 Å². The number of benzene rings is 1. The van der Waals surface area contributed by atoms with Gasteiger partial charge in [-0.15, -0.1) is 0 Å². The van der Waals surface area contributed by atoms with Crippen LogP contribution in [0.3, 0.4) is 0 Å². The van der Waals surface area contributed by atoms with Gasteiger partial charge in [0, 0.05) is 32.7 Å². The molecule has 0 spiro atoms. The topological polar surface area (TPSA) is 61.8 Å². The molecule has 1 fully saturated rings. The molecule has 0 atom stereocenters. The molecule has 0 amide bonds. The molecule has 2 rings (SSSR count). The SMILES string of the molecule is O=C(O)Cc1ccc(CNCCN2CCOCC2)cc1. The number of hydrogen-bond acceptors (Lipinski definition) is 4. The summed E-state index contributed by atoms with van der Waals surface area (Å²) in [6.45, 7) is 6.53. The van der Waals surface area contributed by atoms with Gasteiger partial charge < -0.3 is 15.2 Å². The third kappa shape index (κ3) is 5.28. The summed E-state index contributed by atoms with van der Waals surface area (Å²) < 4.78 is 5.31. The van der Waals surface area contributed by atoms with E-state index in [1.807, 2.05) is 24.3 Å². The fourth-order valence-electron chi connectivity index (χ4n) is 2.24. The minimum absolute atomic E-state index is 0.0880. The molecule has 1 aromatic rings. The highest BCUT2D eigenvalue weighted by Crippen LogP contribution is 2.05. The molecule has 0 aliphatic carbocycles. The van der Waals surface area contributed by atoms with Crippen molar-refractivity contribution in [2.24, 2.45) is 0 Å². The first-order valence-electron chi connectivity index (χ1n) is 7.04. The summed E-state index contributed by atoms with van der Waals surface area (Å²) in [4.78, 5) is 13.0. The molecule has 20 heavy (non-hydrogen) atoms. The third-order valence-corrected chi connectivity index (χ3v) is 3.42. The summed E-state index contributed by atoms with van der Waals surface area (Å²) in [5, 5.41) is 12.1. The summed E-state index contributed by atoms with van der Waals surface area (Å²) in [6, 6.07) is 7.74. The number of hydrogen-bond donors (Lipinski definition) is 2. The molecule has 110 valence electrons. The van der Waals surface area contributed by atoms with Gasteiger partial charge in [0.05, 0.1) is 19.6 Å². The fraction of sp³-hybridized carbons (Fsp3) is 0.533. The van der Waals surface area contributed by atoms with Crippen molar-refractivity contribution >= 4 is 5.97 Å². The van der Waals surface area contributed by atoms with Gasteiger partial charge in [0.2, 0.25) is 0 Å². The molecule has 0 radical (unpaired) electrons. The summed E-state index contributed by atoms with van der Waals surface area (Å²) >= 11 is 0. The lowest BCUT2D eigenvalue weighted by Gasteiger charge is -2.26. The fourth-order valence-corrected chi connectivity index (χ4v) is 2.24. The Bertz CT molecular complexity index is 414. The highest BCUT2D eigenvalue weighted by Gasteiger charge is 2.08. The van der Waals surface area contributed by atoms with Crippen molar-refractivity contribution < 1.29 is 14.6 Å². The Kier molecular flexibility index (Phi) is 5.98. The zero-order valence-electron chi connectivity index (χ0n) is 11.7. The van der Waals surface area contributed by atoms with Crippen molar-refractivity contribution in [3.05, 3.63) is 35.4 Å². The van der Waals surface area contributed by atoms with Crippen molar-refractivity contribution in [3.63, 3.8) is 0 Å². The van der Waals surface area contributed by atoms with Gasteiger partial charge in [0.1, 0.15) is 0 Å². The molecule has 2 N–H and O–H groups in total. The molecule has 1 saturated heterocycles. The Hall–Kier alpha value is -1.43. The van der Waals surface area contributed by atoms with E-state index in [0.29, 0.717) is 0 Å². The van der Waals surface area contributed by atoms with Crippen molar-refractivity contribution in [1.29, 1.82) is 0 Å². The summed E-state index contributed by atoms with van der Waals surface area (Å²) in [5.74, 6) is -0.790. The number of carboxylic acid groups (broad SMARTS) is 1. The van der Waals surface area contributed by atoms with E-state index in [4.69, 9.17) is 9.84 Å². The van der Waals surface area contributed by atoms with E-state index < -0.39 is 5.97 Å². The Morgan fingerprint density at radius 1 is 1.20 bits per heavy atom. The predicted octanol–water partition coefficient (Wildman–Crippen LogP) is 0.736. The molecular weight excluding hydrogens is 256 g/mol. The van der Waals surface area contributed by atoms with Crippen LogP contribution in [0.15, 0.2) is 24.3 Å². The van der Waals surface area contributed by atoms with Crippen LogP contribution in [0.1, 0.15) is 11.1 Å². The normalized spacial score (nSPS) is 16.2. The molecule has 1 aromatic carbocycles. The second-order valence-electron chi connectivity index (χ2n) is 5.02. The zero-order chi connectivity index (χ0) is 14.2. The second-order valence-corrected chi connectivity index (χ2v) is 5.02. The lowest BCUT2D eigenvalue weighted by molar-refractivity contribution is -0.136. The van der Waals surface area contributed by atoms with Gasteiger partial charge in [-0.05, 0) is 11.1 Å². The third-order valence-electron chi connectivity index (χ3n) is 3.42. The first-order chi connectivity index (χ1) is 9.74. The van der Waals surface area contributed by atoms with Gasteiger partial charge in [0.15, 0.2) is 0 Å². The number of nitrogens with one attached hydrogen (secondary N) is 1. The minimum atomic E-state index is -0.790. The van der Waals surface area contributed by atoms with Crippen LogP contribution in [-0.4, -0.2) is 55.4 Å². The lowest BCUT2D eigenvalue weighted by atomic mass is 10.1. The highest BCUT2D eigenvalue weighted by molar-refractivity contribution is 5.70. The molecule has 5 nitrogen and oxygen atoms in total. The Balaban J connectivity index is 1.64. The number of aliphatic carboxylic acids is 1. The quantitative estimate of drug-likeness (QED) is 0.720. The van der Waals surface area contributed by atoms with Crippen LogP contribution in [0.4, 0.5) is 0 Å². The maximum atomic E-state index is 10.6. The first kappa shape index (κ1) is 15.0. The Morgan fingerprint density at radius 2 is 1.85 bits per heavy atom. The van der Waals surface area contributed by atoms with Crippen molar-refractivity contribution in [2.75, 3.05) is 39.4 Å². The van der Waals surface area contributed by atoms with E-state index in [9.17, 15) is 4.79 Å². The highest BCUT2D eigenvalue weighted by atomic mass is 16.5. The molecule has 1 heterocycles. The van der Waals surface area contributed by atoms with Crippen LogP contribution < -0.4 is 5.32 Å². The first-order valence-corrected chi connectivity index (χ1v) is 7.04. The van der Waals surface area contributed by atoms with Crippen LogP contribution in [0, 0.1) is 0 Å². The van der Waals surface area contributed by atoms with Gasteiger partial charge >= 0.3 is 5.97 Å². The number of rotatable bonds is 7. The number of nitrogens with zero attached hydrogens (tertiary/aromatic N) is 1. The average molecular weight is 278 g/mol. The number of morpholine rings is 1. The van der Waals surface area contributed by atoms with Gasteiger partial charge in [-0.3, -0.25) is 9.69 Å². The van der Waals surface area contributed by atoms with E-state index in [1.54, 1.807) is 0 Å². The van der Waals surface area contributed by atoms with E-state index in [0.717, 1.165) is 51.5 Å². The monoisotopic (exact) mass is 278 g/mol. The van der Waals surface area contributed by atoms with Crippen molar-refractivity contribution in [3.8, 4) is 0 Å². The maximum Gasteiger partial charge on any atom is 0.307 e. The lowest BCUT2D eigenvalue weighted by Crippen LogP contribution is -2.40. The maximum absolute atomic E-state index is 10.6. The Morgan fingerprint density at radius 3 is 2.50 bits per heavy atom. The number of ether oxygens (including phenoxy) is 1. The van der Waals surface area contributed by atoms with E-state index >= 15 is 0 Å². The van der Waals surface area contributed by atoms with Crippen LogP contribution >= 0.6 is 0 Å². The zero-order valence-corrected chi connectivity index (χ0v) is 11.7. The number of carbonyl (C=O) groups is 1. The summed E-state index contributed by atoms with van der Waals surface area (Å²) in [7, 11) is 0. The van der Waals surface area contributed by atoms with Crippen molar-refractivity contribution in [1.82, 2.24) is 10.2 Å². The molecule has 1 aliphatic heterocycles. The molecule has 0 saturated carbocycles. The Labute approximate surface area is 119 Å². The van der Waals surface area contributed by atoms with Gasteiger partial charge in [-0.25, -0.2) is 0 Å². The second kappa shape index (κ2) is 7.99. The molecular formula is C15H22N2O3. The van der Waals surface area contributed by atoms with Crippen LogP contribution in [0.25, 0.3) is 0 Å². The van der Waals surface area contributed by atoms with E-state index in [1.165, 1.54) is 5.56 Å². The standard InChI is InChI=1S/C15H22N2O3/c18-15(19)11-13-1-3-14(4-2-13)12-16-5-6-17-7-9-20-10-8-17/h1-4,16H,5-12H2,(H,18,19). The predicted molar refractivity (Wildman–Crippen MR) is 76.7 cm³/mol. The van der Waals surface area contributed by atoms with Crippen LogP contribution in [0.2, 0.25) is 0 Å². The summed E-state index contributed by atoms with van der Waals surface area (Å²) in [5.41, 5.74) is 2.02. The van der Waals surface area contributed by atoms with Gasteiger partial charge in [-0.1, -0.05) is 24.3 Å². The largest absolute Gasteiger partial charge is 0.481 e. The minimum Gasteiger partial charge on any atom is -0.481 e. The molecule has 5 heteroatoms.